The van der Waals surface area contributed by atoms with E-state index in [0.29, 0.717) is 6.61 Å². The Kier molecular flexibility index (Phi) is 5.01. The summed E-state index contributed by atoms with van der Waals surface area (Å²) in [6.07, 6.45) is 4.61. The molecule has 5 nitrogen and oxygen atoms in total. The average Bonchev–Trinajstić information content (AvgIpc) is 2.86. The van der Waals surface area contributed by atoms with Gasteiger partial charge in [-0.2, -0.15) is 0 Å². The summed E-state index contributed by atoms with van der Waals surface area (Å²) in [7, 11) is 1.64. The van der Waals surface area contributed by atoms with Crippen molar-refractivity contribution >= 4 is 0 Å². The second-order valence-corrected chi connectivity index (χ2v) is 4.78. The summed E-state index contributed by atoms with van der Waals surface area (Å²) in [6, 6.07) is 7.75. The van der Waals surface area contributed by atoms with Gasteiger partial charge in [-0.1, -0.05) is 12.1 Å². The first-order chi connectivity index (χ1) is 9.69. The van der Waals surface area contributed by atoms with Crippen molar-refractivity contribution in [1.29, 1.82) is 0 Å². The number of benzene rings is 1. The molecule has 0 aliphatic heterocycles. The van der Waals surface area contributed by atoms with Gasteiger partial charge >= 0.3 is 0 Å². The Morgan fingerprint density at radius 2 is 2.05 bits per heavy atom. The third-order valence-corrected chi connectivity index (χ3v) is 2.89. The fourth-order valence-corrected chi connectivity index (χ4v) is 1.96. The number of ether oxygens (including phenoxy) is 2. The van der Waals surface area contributed by atoms with Crippen molar-refractivity contribution in [3.05, 3.63) is 42.5 Å². The zero-order chi connectivity index (χ0) is 14.4. The van der Waals surface area contributed by atoms with Crippen LogP contribution < -0.4 is 15.2 Å². The molecule has 0 fully saturated rings. The quantitative estimate of drug-likeness (QED) is 0.838. The number of rotatable bonds is 7. The summed E-state index contributed by atoms with van der Waals surface area (Å²) >= 11 is 0. The molecule has 0 saturated carbocycles. The van der Waals surface area contributed by atoms with Gasteiger partial charge in [0.25, 0.3) is 0 Å². The van der Waals surface area contributed by atoms with E-state index in [1.54, 1.807) is 7.11 Å². The molecule has 1 unspecified atom stereocenters. The molecule has 2 aromatic rings. The van der Waals surface area contributed by atoms with Gasteiger partial charge in [0, 0.05) is 18.7 Å². The Bertz CT molecular complexity index is 537. The second-order valence-electron chi connectivity index (χ2n) is 4.78. The molecule has 0 amide bonds. The van der Waals surface area contributed by atoms with Crippen LogP contribution in [0.4, 0.5) is 0 Å². The van der Waals surface area contributed by atoms with E-state index in [2.05, 4.69) is 4.98 Å². The van der Waals surface area contributed by atoms with E-state index < -0.39 is 0 Å². The van der Waals surface area contributed by atoms with Gasteiger partial charge in [0.1, 0.15) is 6.61 Å². The minimum Gasteiger partial charge on any atom is -0.493 e. The van der Waals surface area contributed by atoms with Crippen LogP contribution in [-0.2, 0) is 13.0 Å². The number of hydrogen-bond donors (Lipinski definition) is 1. The third-order valence-electron chi connectivity index (χ3n) is 2.89. The molecule has 0 aliphatic rings. The summed E-state index contributed by atoms with van der Waals surface area (Å²) in [5.74, 6) is 1.50. The molecular formula is C15H21N3O2. The van der Waals surface area contributed by atoms with Crippen LogP contribution in [0.1, 0.15) is 12.6 Å². The molecule has 0 spiro atoms. The minimum atomic E-state index is 0.128. The summed E-state index contributed by atoms with van der Waals surface area (Å²) < 4.78 is 13.0. The summed E-state index contributed by atoms with van der Waals surface area (Å²) in [5.41, 5.74) is 6.77. The minimum absolute atomic E-state index is 0.128. The normalized spacial score (nSPS) is 12.2. The molecule has 20 heavy (non-hydrogen) atoms. The summed E-state index contributed by atoms with van der Waals surface area (Å²) in [4.78, 5) is 4.32. The Balaban J connectivity index is 1.85. The van der Waals surface area contributed by atoms with Crippen molar-refractivity contribution in [1.82, 2.24) is 9.55 Å². The van der Waals surface area contributed by atoms with Gasteiger partial charge in [-0.15, -0.1) is 0 Å². The van der Waals surface area contributed by atoms with Gasteiger partial charge in [-0.05, 0) is 19.1 Å². The van der Waals surface area contributed by atoms with Gasteiger partial charge < -0.3 is 19.8 Å². The molecule has 2 N–H and O–H groups in total. The number of nitrogens with zero attached hydrogens (tertiary/aromatic N) is 2. The lowest BCUT2D eigenvalue weighted by Crippen LogP contribution is -2.17. The van der Waals surface area contributed by atoms with Crippen LogP contribution in [0, 0.1) is 0 Å². The molecule has 0 saturated heterocycles. The predicted octanol–water partition coefficient (Wildman–Crippen LogP) is 1.86. The third kappa shape index (κ3) is 3.99. The summed E-state index contributed by atoms with van der Waals surface area (Å²) in [5, 5.41) is 0. The number of para-hydroxylation sites is 2. The van der Waals surface area contributed by atoms with Gasteiger partial charge in [0.2, 0.25) is 0 Å². The average molecular weight is 275 g/mol. The van der Waals surface area contributed by atoms with Crippen LogP contribution in [0.2, 0.25) is 0 Å². The Hall–Kier alpha value is -2.01. The molecule has 0 radical (unpaired) electrons. The Morgan fingerprint density at radius 1 is 1.30 bits per heavy atom. The topological polar surface area (TPSA) is 62.3 Å². The number of aromatic nitrogens is 2. The zero-order valence-electron chi connectivity index (χ0n) is 12.0. The first kappa shape index (κ1) is 14.4. The Morgan fingerprint density at radius 3 is 2.75 bits per heavy atom. The van der Waals surface area contributed by atoms with Crippen LogP contribution in [0.5, 0.6) is 11.5 Å². The second kappa shape index (κ2) is 6.96. The highest BCUT2D eigenvalue weighted by Gasteiger charge is 2.04. The Labute approximate surface area is 119 Å². The number of hydrogen-bond acceptors (Lipinski definition) is 4. The maximum Gasteiger partial charge on any atom is 0.161 e. The molecule has 1 heterocycles. The SMILES string of the molecule is COc1ccccc1OCCn1cnc(CC(C)N)c1. The lowest BCUT2D eigenvalue weighted by atomic mass is 10.2. The van der Waals surface area contributed by atoms with E-state index >= 15 is 0 Å². The van der Waals surface area contributed by atoms with Crippen molar-refractivity contribution in [3.8, 4) is 11.5 Å². The molecule has 1 atom stereocenters. The summed E-state index contributed by atoms with van der Waals surface area (Å²) in [6.45, 7) is 3.28. The molecule has 0 aliphatic carbocycles. The zero-order valence-corrected chi connectivity index (χ0v) is 12.0. The lowest BCUT2D eigenvalue weighted by Gasteiger charge is -2.10. The van der Waals surface area contributed by atoms with Crippen molar-refractivity contribution in [2.24, 2.45) is 5.73 Å². The largest absolute Gasteiger partial charge is 0.493 e. The molecule has 2 rings (SSSR count). The van der Waals surface area contributed by atoms with Crippen molar-refractivity contribution < 1.29 is 9.47 Å². The van der Waals surface area contributed by atoms with E-state index in [1.807, 2.05) is 48.3 Å². The molecular weight excluding hydrogens is 254 g/mol. The highest BCUT2D eigenvalue weighted by molar-refractivity contribution is 5.39. The van der Waals surface area contributed by atoms with Crippen molar-refractivity contribution in [2.75, 3.05) is 13.7 Å². The van der Waals surface area contributed by atoms with Crippen LogP contribution in [0.3, 0.4) is 0 Å². The van der Waals surface area contributed by atoms with E-state index in [-0.39, 0.29) is 6.04 Å². The maximum absolute atomic E-state index is 5.75. The van der Waals surface area contributed by atoms with Crippen LogP contribution in [-0.4, -0.2) is 29.3 Å². The van der Waals surface area contributed by atoms with Crippen molar-refractivity contribution in [2.45, 2.75) is 25.9 Å². The molecule has 108 valence electrons. The standard InChI is InChI=1S/C15H21N3O2/c1-12(16)9-13-10-18(11-17-13)7-8-20-15-6-4-3-5-14(15)19-2/h3-6,10-12H,7-9,16H2,1-2H3. The molecule has 0 bridgehead atoms. The fourth-order valence-electron chi connectivity index (χ4n) is 1.96. The van der Waals surface area contributed by atoms with Crippen LogP contribution in [0.15, 0.2) is 36.8 Å². The van der Waals surface area contributed by atoms with Gasteiger partial charge in [-0.3, -0.25) is 0 Å². The highest BCUT2D eigenvalue weighted by Crippen LogP contribution is 2.25. The highest BCUT2D eigenvalue weighted by atomic mass is 16.5. The number of imidazole rings is 1. The van der Waals surface area contributed by atoms with E-state index in [0.717, 1.165) is 30.2 Å². The van der Waals surface area contributed by atoms with Gasteiger partial charge in [0.15, 0.2) is 11.5 Å². The van der Waals surface area contributed by atoms with E-state index in [1.165, 1.54) is 0 Å². The monoisotopic (exact) mass is 275 g/mol. The number of nitrogens with two attached hydrogens (primary N) is 1. The van der Waals surface area contributed by atoms with Crippen molar-refractivity contribution in [3.63, 3.8) is 0 Å². The van der Waals surface area contributed by atoms with Crippen LogP contribution >= 0.6 is 0 Å². The maximum atomic E-state index is 5.75. The molecule has 1 aromatic heterocycles. The lowest BCUT2D eigenvalue weighted by molar-refractivity contribution is 0.279. The molecule has 5 heteroatoms. The van der Waals surface area contributed by atoms with Crippen LogP contribution in [0.25, 0.3) is 0 Å². The predicted molar refractivity (Wildman–Crippen MR) is 78.1 cm³/mol. The first-order valence-corrected chi connectivity index (χ1v) is 6.71. The van der Waals surface area contributed by atoms with Gasteiger partial charge in [-0.25, -0.2) is 4.98 Å². The van der Waals surface area contributed by atoms with E-state index in [9.17, 15) is 0 Å². The molecule has 1 aromatic carbocycles. The first-order valence-electron chi connectivity index (χ1n) is 6.71. The fraction of sp³-hybridized carbons (Fsp3) is 0.400. The van der Waals surface area contributed by atoms with E-state index in [4.69, 9.17) is 15.2 Å². The van der Waals surface area contributed by atoms with Gasteiger partial charge in [0.05, 0.1) is 25.7 Å². The number of methoxy groups -OCH3 is 1. The smallest absolute Gasteiger partial charge is 0.161 e.